The highest BCUT2D eigenvalue weighted by atomic mass is 32.2. The van der Waals surface area contributed by atoms with Gasteiger partial charge in [-0.25, -0.2) is 0 Å². The standard InChI is InChI=1S/C24H22N2OS/c1-3-15-28-23-12-8-6-10-19(23)24(27)25-17-13-14-22-20(16-17)18-9-5-7-11-21(18)26(22)4-2/h3,5-14,16H,1,4,15H2,2H3,(H,25,27). The molecular formula is C24H22N2OS. The van der Waals surface area contributed by atoms with Crippen molar-refractivity contribution in [2.24, 2.45) is 0 Å². The highest BCUT2D eigenvalue weighted by Gasteiger charge is 2.13. The van der Waals surface area contributed by atoms with Crippen LogP contribution >= 0.6 is 11.8 Å². The van der Waals surface area contributed by atoms with Crippen LogP contribution < -0.4 is 5.32 Å². The van der Waals surface area contributed by atoms with Gasteiger partial charge in [-0.15, -0.1) is 18.3 Å². The number of rotatable bonds is 6. The third kappa shape index (κ3) is 3.32. The van der Waals surface area contributed by atoms with Gasteiger partial charge in [0.2, 0.25) is 0 Å². The van der Waals surface area contributed by atoms with E-state index in [4.69, 9.17) is 0 Å². The number of para-hydroxylation sites is 1. The summed E-state index contributed by atoms with van der Waals surface area (Å²) in [5.74, 6) is 0.679. The molecule has 0 aliphatic heterocycles. The number of benzene rings is 3. The average molecular weight is 387 g/mol. The molecule has 140 valence electrons. The minimum atomic E-state index is -0.0919. The summed E-state index contributed by atoms with van der Waals surface area (Å²) in [4.78, 5) is 13.9. The molecule has 0 bridgehead atoms. The molecule has 4 heteroatoms. The Morgan fingerprint density at radius 1 is 1.04 bits per heavy atom. The lowest BCUT2D eigenvalue weighted by atomic mass is 10.1. The maximum atomic E-state index is 12.9. The van der Waals surface area contributed by atoms with Gasteiger partial charge in [-0.05, 0) is 43.3 Å². The second kappa shape index (κ2) is 7.95. The zero-order valence-corrected chi connectivity index (χ0v) is 16.6. The van der Waals surface area contributed by atoms with Crippen LogP contribution in [0, 0.1) is 0 Å². The Kier molecular flexibility index (Phi) is 5.22. The van der Waals surface area contributed by atoms with E-state index in [2.05, 4.69) is 59.8 Å². The van der Waals surface area contributed by atoms with E-state index in [1.165, 1.54) is 16.4 Å². The van der Waals surface area contributed by atoms with Gasteiger partial charge in [0.15, 0.2) is 0 Å². The molecule has 0 saturated heterocycles. The summed E-state index contributed by atoms with van der Waals surface area (Å²) in [6.07, 6.45) is 1.84. The van der Waals surface area contributed by atoms with Gasteiger partial charge in [-0.3, -0.25) is 4.79 Å². The predicted molar refractivity (Wildman–Crippen MR) is 120 cm³/mol. The van der Waals surface area contributed by atoms with E-state index in [0.29, 0.717) is 5.56 Å². The number of hydrogen-bond donors (Lipinski definition) is 1. The van der Waals surface area contributed by atoms with Crippen LogP contribution in [0.4, 0.5) is 5.69 Å². The topological polar surface area (TPSA) is 34.0 Å². The van der Waals surface area contributed by atoms with Crippen LogP contribution in [0.25, 0.3) is 21.8 Å². The molecule has 4 aromatic rings. The lowest BCUT2D eigenvalue weighted by Crippen LogP contribution is -2.13. The van der Waals surface area contributed by atoms with Gasteiger partial charge in [0, 0.05) is 44.7 Å². The SMILES string of the molecule is C=CCSc1ccccc1C(=O)Nc1ccc2c(c1)c1ccccc1n2CC. The van der Waals surface area contributed by atoms with Crippen molar-refractivity contribution in [3.05, 3.63) is 84.9 Å². The minimum absolute atomic E-state index is 0.0919. The lowest BCUT2D eigenvalue weighted by Gasteiger charge is -2.10. The number of carbonyl (C=O) groups excluding carboxylic acids is 1. The molecule has 1 aromatic heterocycles. The first-order valence-electron chi connectivity index (χ1n) is 9.38. The summed E-state index contributed by atoms with van der Waals surface area (Å²) >= 11 is 1.61. The smallest absolute Gasteiger partial charge is 0.256 e. The Bertz CT molecular complexity index is 1180. The average Bonchev–Trinajstić information content (AvgIpc) is 3.05. The van der Waals surface area contributed by atoms with Gasteiger partial charge in [0.05, 0.1) is 5.56 Å². The van der Waals surface area contributed by atoms with E-state index in [0.717, 1.165) is 28.3 Å². The predicted octanol–water partition coefficient (Wildman–Crippen LogP) is 6.34. The highest BCUT2D eigenvalue weighted by Crippen LogP contribution is 2.31. The van der Waals surface area contributed by atoms with Crippen molar-refractivity contribution in [3.63, 3.8) is 0 Å². The Hall–Kier alpha value is -2.98. The molecule has 0 aliphatic carbocycles. The minimum Gasteiger partial charge on any atom is -0.341 e. The molecule has 0 fully saturated rings. The van der Waals surface area contributed by atoms with Crippen LogP contribution in [-0.4, -0.2) is 16.2 Å². The van der Waals surface area contributed by atoms with E-state index >= 15 is 0 Å². The van der Waals surface area contributed by atoms with E-state index < -0.39 is 0 Å². The van der Waals surface area contributed by atoms with E-state index in [1.807, 2.05) is 36.4 Å². The molecule has 3 nitrogen and oxygen atoms in total. The van der Waals surface area contributed by atoms with E-state index in [-0.39, 0.29) is 5.91 Å². The number of anilines is 1. The summed E-state index contributed by atoms with van der Waals surface area (Å²) in [5, 5.41) is 5.43. The van der Waals surface area contributed by atoms with Crippen molar-refractivity contribution in [2.45, 2.75) is 18.4 Å². The van der Waals surface area contributed by atoms with Crippen LogP contribution in [0.2, 0.25) is 0 Å². The van der Waals surface area contributed by atoms with Gasteiger partial charge >= 0.3 is 0 Å². The molecule has 0 atom stereocenters. The van der Waals surface area contributed by atoms with Crippen molar-refractivity contribution in [2.75, 3.05) is 11.1 Å². The maximum Gasteiger partial charge on any atom is 0.256 e. The van der Waals surface area contributed by atoms with Crippen LogP contribution in [0.15, 0.2) is 84.3 Å². The van der Waals surface area contributed by atoms with Gasteiger partial charge in [-0.2, -0.15) is 0 Å². The largest absolute Gasteiger partial charge is 0.341 e. The Morgan fingerprint density at radius 2 is 1.79 bits per heavy atom. The second-order valence-corrected chi connectivity index (χ2v) is 7.61. The van der Waals surface area contributed by atoms with Crippen molar-refractivity contribution in [3.8, 4) is 0 Å². The number of aryl methyl sites for hydroxylation is 1. The molecule has 0 aliphatic rings. The van der Waals surface area contributed by atoms with Crippen molar-refractivity contribution >= 4 is 45.2 Å². The summed E-state index contributed by atoms with van der Waals surface area (Å²) in [6.45, 7) is 6.82. The molecule has 0 radical (unpaired) electrons. The third-order valence-electron chi connectivity index (χ3n) is 4.83. The molecule has 1 N–H and O–H groups in total. The molecule has 28 heavy (non-hydrogen) atoms. The van der Waals surface area contributed by atoms with E-state index in [9.17, 15) is 4.79 Å². The fourth-order valence-corrected chi connectivity index (χ4v) is 4.39. The summed E-state index contributed by atoms with van der Waals surface area (Å²) in [6, 6.07) is 22.2. The van der Waals surface area contributed by atoms with Gasteiger partial charge in [-0.1, -0.05) is 36.4 Å². The van der Waals surface area contributed by atoms with Gasteiger partial charge in [0.1, 0.15) is 0 Å². The van der Waals surface area contributed by atoms with E-state index in [1.54, 1.807) is 11.8 Å². The Balaban J connectivity index is 1.70. The Labute approximate surface area is 169 Å². The van der Waals surface area contributed by atoms with Crippen molar-refractivity contribution in [1.82, 2.24) is 4.57 Å². The first-order valence-corrected chi connectivity index (χ1v) is 10.4. The number of carbonyl (C=O) groups is 1. The summed E-state index contributed by atoms with van der Waals surface area (Å²) in [7, 11) is 0. The monoisotopic (exact) mass is 386 g/mol. The second-order valence-electron chi connectivity index (χ2n) is 6.54. The molecular weight excluding hydrogens is 364 g/mol. The number of hydrogen-bond acceptors (Lipinski definition) is 2. The number of aromatic nitrogens is 1. The molecule has 0 saturated carbocycles. The van der Waals surface area contributed by atoms with Gasteiger partial charge < -0.3 is 9.88 Å². The Morgan fingerprint density at radius 3 is 2.61 bits per heavy atom. The first kappa shape index (κ1) is 18.4. The number of nitrogens with one attached hydrogen (secondary N) is 1. The number of fused-ring (bicyclic) bond motifs is 3. The summed E-state index contributed by atoms with van der Waals surface area (Å²) in [5.41, 5.74) is 3.89. The normalized spacial score (nSPS) is 11.0. The number of amides is 1. The molecule has 4 rings (SSSR count). The highest BCUT2D eigenvalue weighted by molar-refractivity contribution is 7.99. The lowest BCUT2D eigenvalue weighted by molar-refractivity contribution is 0.102. The van der Waals surface area contributed by atoms with Crippen molar-refractivity contribution in [1.29, 1.82) is 0 Å². The molecule has 0 spiro atoms. The fraction of sp³-hybridized carbons (Fsp3) is 0.125. The molecule has 1 heterocycles. The molecule has 1 amide bonds. The zero-order valence-electron chi connectivity index (χ0n) is 15.8. The van der Waals surface area contributed by atoms with Crippen molar-refractivity contribution < 1.29 is 4.79 Å². The third-order valence-corrected chi connectivity index (χ3v) is 5.90. The first-order chi connectivity index (χ1) is 13.7. The fourth-order valence-electron chi connectivity index (χ4n) is 3.60. The summed E-state index contributed by atoms with van der Waals surface area (Å²) < 4.78 is 2.30. The van der Waals surface area contributed by atoms with Crippen LogP contribution in [-0.2, 0) is 6.54 Å². The quantitative estimate of drug-likeness (QED) is 0.310. The van der Waals surface area contributed by atoms with Crippen LogP contribution in [0.3, 0.4) is 0 Å². The van der Waals surface area contributed by atoms with Crippen LogP contribution in [0.5, 0.6) is 0 Å². The zero-order chi connectivity index (χ0) is 19.5. The van der Waals surface area contributed by atoms with Crippen LogP contribution in [0.1, 0.15) is 17.3 Å². The molecule has 0 unspecified atom stereocenters. The number of thioether (sulfide) groups is 1. The molecule has 3 aromatic carbocycles. The maximum absolute atomic E-state index is 12.9. The number of nitrogens with zero attached hydrogens (tertiary/aromatic N) is 1. The van der Waals surface area contributed by atoms with Gasteiger partial charge in [0.25, 0.3) is 5.91 Å².